The quantitative estimate of drug-likeness (QED) is 0.372. The molecule has 1 heterocycles. The van der Waals surface area contributed by atoms with Gasteiger partial charge in [0.25, 0.3) is 11.4 Å². The van der Waals surface area contributed by atoms with Gasteiger partial charge in [-0.15, -0.1) is 0 Å². The lowest BCUT2D eigenvalue weighted by molar-refractivity contribution is -0.385. The van der Waals surface area contributed by atoms with Crippen LogP contribution in [0.15, 0.2) is 58.5 Å². The summed E-state index contributed by atoms with van der Waals surface area (Å²) in [6, 6.07) is 9.73. The fraction of sp³-hybridized carbons (Fsp3) is 0.211. The van der Waals surface area contributed by atoms with Crippen molar-refractivity contribution < 1.29 is 18.3 Å². The number of anilines is 1. The third-order valence-corrected chi connectivity index (χ3v) is 6.52. The molecule has 0 radical (unpaired) electrons. The van der Waals surface area contributed by atoms with Crippen LogP contribution in [-0.2, 0) is 10.0 Å². The zero-order valence-electron chi connectivity index (χ0n) is 16.2. The summed E-state index contributed by atoms with van der Waals surface area (Å²) in [7, 11) is -3.79. The van der Waals surface area contributed by atoms with Crippen molar-refractivity contribution in [2.75, 3.05) is 18.5 Å². The molecule has 12 heteroatoms. The van der Waals surface area contributed by atoms with Gasteiger partial charge in [0.2, 0.25) is 10.0 Å². The Morgan fingerprint density at radius 2 is 1.68 bits per heavy atom. The SMILES string of the molecule is O=[N+]([O-])c1ccccc1/C=C/C=N/Nc1ccc(S(=O)(=O)N2CCCC2)cc1[N+](=O)[O-]. The van der Waals surface area contributed by atoms with Gasteiger partial charge >= 0.3 is 0 Å². The zero-order chi connectivity index (χ0) is 22.4. The summed E-state index contributed by atoms with van der Waals surface area (Å²) in [6.07, 6.45) is 5.71. The van der Waals surface area contributed by atoms with Gasteiger partial charge in [-0.25, -0.2) is 8.42 Å². The number of nitro benzene ring substituents is 2. The Hall–Kier alpha value is -3.64. The highest BCUT2D eigenvalue weighted by atomic mass is 32.2. The average Bonchev–Trinajstić information content (AvgIpc) is 3.29. The van der Waals surface area contributed by atoms with Gasteiger partial charge in [0.05, 0.1) is 20.3 Å². The first kappa shape index (κ1) is 22.1. The number of benzene rings is 2. The minimum Gasteiger partial charge on any atom is -0.272 e. The predicted octanol–water partition coefficient (Wildman–Crippen LogP) is 3.40. The Labute approximate surface area is 178 Å². The lowest BCUT2D eigenvalue weighted by Gasteiger charge is -2.15. The van der Waals surface area contributed by atoms with Crippen LogP contribution < -0.4 is 5.43 Å². The van der Waals surface area contributed by atoms with Gasteiger partial charge in [-0.1, -0.05) is 12.1 Å². The van der Waals surface area contributed by atoms with E-state index in [0.29, 0.717) is 18.7 Å². The lowest BCUT2D eigenvalue weighted by Crippen LogP contribution is -2.27. The summed E-state index contributed by atoms with van der Waals surface area (Å²) in [4.78, 5) is 21.1. The number of hydrazone groups is 1. The fourth-order valence-corrected chi connectivity index (χ4v) is 4.62. The van der Waals surface area contributed by atoms with E-state index in [-0.39, 0.29) is 16.3 Å². The van der Waals surface area contributed by atoms with Crippen LogP contribution in [0.5, 0.6) is 0 Å². The second-order valence-electron chi connectivity index (χ2n) is 6.61. The molecule has 31 heavy (non-hydrogen) atoms. The molecule has 1 saturated heterocycles. The molecule has 0 bridgehead atoms. The van der Waals surface area contributed by atoms with E-state index in [1.54, 1.807) is 18.2 Å². The van der Waals surface area contributed by atoms with Crippen molar-refractivity contribution in [1.29, 1.82) is 0 Å². The van der Waals surface area contributed by atoms with Crippen LogP contribution in [-0.4, -0.2) is 41.9 Å². The van der Waals surface area contributed by atoms with Crippen LogP contribution in [0.3, 0.4) is 0 Å². The van der Waals surface area contributed by atoms with Crippen LogP contribution >= 0.6 is 0 Å². The molecule has 1 fully saturated rings. The van der Waals surface area contributed by atoms with E-state index < -0.39 is 25.6 Å². The average molecular weight is 445 g/mol. The Morgan fingerprint density at radius 3 is 2.35 bits per heavy atom. The summed E-state index contributed by atoms with van der Waals surface area (Å²) in [5.41, 5.74) is 2.40. The zero-order valence-corrected chi connectivity index (χ0v) is 17.1. The predicted molar refractivity (Wildman–Crippen MR) is 115 cm³/mol. The maximum Gasteiger partial charge on any atom is 0.295 e. The molecule has 3 rings (SSSR count). The largest absolute Gasteiger partial charge is 0.295 e. The first-order valence-electron chi connectivity index (χ1n) is 9.28. The van der Waals surface area contributed by atoms with E-state index in [4.69, 9.17) is 0 Å². The molecule has 1 N–H and O–H groups in total. The molecule has 0 aliphatic carbocycles. The van der Waals surface area contributed by atoms with E-state index >= 15 is 0 Å². The molecule has 1 aliphatic rings. The normalized spacial score (nSPS) is 15.0. The van der Waals surface area contributed by atoms with Crippen LogP contribution in [0.4, 0.5) is 17.1 Å². The van der Waals surface area contributed by atoms with E-state index in [1.807, 2.05) is 0 Å². The van der Waals surface area contributed by atoms with Crippen LogP contribution in [0.1, 0.15) is 18.4 Å². The second-order valence-corrected chi connectivity index (χ2v) is 8.55. The Balaban J connectivity index is 1.76. The number of hydrogen-bond acceptors (Lipinski definition) is 8. The molecule has 0 saturated carbocycles. The molecule has 0 spiro atoms. The number of sulfonamides is 1. The van der Waals surface area contributed by atoms with Gasteiger partial charge in [-0.3, -0.25) is 25.7 Å². The van der Waals surface area contributed by atoms with Crippen molar-refractivity contribution in [2.24, 2.45) is 5.10 Å². The molecule has 2 aromatic rings. The number of allylic oxidation sites excluding steroid dienone is 1. The number of rotatable bonds is 8. The van der Waals surface area contributed by atoms with Gasteiger partial charge < -0.3 is 0 Å². The third kappa shape index (κ3) is 5.10. The molecule has 162 valence electrons. The van der Waals surface area contributed by atoms with Gasteiger partial charge in [0, 0.05) is 31.4 Å². The number of nitrogens with zero attached hydrogens (tertiary/aromatic N) is 4. The highest BCUT2D eigenvalue weighted by Crippen LogP contribution is 2.30. The van der Waals surface area contributed by atoms with E-state index in [1.165, 1.54) is 40.9 Å². The highest BCUT2D eigenvalue weighted by molar-refractivity contribution is 7.89. The van der Waals surface area contributed by atoms with E-state index in [9.17, 15) is 28.6 Å². The molecule has 0 unspecified atom stereocenters. The number of nitrogens with one attached hydrogen (secondary N) is 1. The van der Waals surface area contributed by atoms with Crippen molar-refractivity contribution in [1.82, 2.24) is 4.31 Å². The number of nitro groups is 2. The van der Waals surface area contributed by atoms with Gasteiger partial charge in [-0.2, -0.15) is 9.41 Å². The van der Waals surface area contributed by atoms with Crippen LogP contribution in [0, 0.1) is 20.2 Å². The van der Waals surface area contributed by atoms with Gasteiger partial charge in [0.15, 0.2) is 0 Å². The van der Waals surface area contributed by atoms with E-state index in [0.717, 1.165) is 18.9 Å². The van der Waals surface area contributed by atoms with Gasteiger partial charge in [-0.05, 0) is 43.2 Å². The Morgan fingerprint density at radius 1 is 1.00 bits per heavy atom. The van der Waals surface area contributed by atoms with Gasteiger partial charge in [0.1, 0.15) is 5.69 Å². The molecular weight excluding hydrogens is 426 g/mol. The maximum atomic E-state index is 12.6. The Bertz CT molecular complexity index is 1160. The van der Waals surface area contributed by atoms with Crippen LogP contribution in [0.2, 0.25) is 0 Å². The third-order valence-electron chi connectivity index (χ3n) is 4.62. The summed E-state index contributed by atoms with van der Waals surface area (Å²) in [6.45, 7) is 0.790. The molecular formula is C19H19N5O6S. The van der Waals surface area contributed by atoms with Crippen LogP contribution in [0.25, 0.3) is 6.08 Å². The first-order valence-corrected chi connectivity index (χ1v) is 10.7. The number of para-hydroxylation sites is 1. The first-order chi connectivity index (χ1) is 14.8. The van der Waals surface area contributed by atoms with Crippen molar-refractivity contribution in [3.05, 3.63) is 74.3 Å². The van der Waals surface area contributed by atoms with Crippen molar-refractivity contribution in [3.8, 4) is 0 Å². The van der Waals surface area contributed by atoms with Crippen molar-refractivity contribution >= 4 is 39.4 Å². The fourth-order valence-electron chi connectivity index (χ4n) is 3.09. The van der Waals surface area contributed by atoms with Crippen molar-refractivity contribution in [2.45, 2.75) is 17.7 Å². The molecule has 1 aliphatic heterocycles. The summed E-state index contributed by atoms with van der Waals surface area (Å²) in [5, 5.41) is 26.3. The minimum atomic E-state index is -3.79. The molecule has 11 nitrogen and oxygen atoms in total. The molecule has 0 atom stereocenters. The molecule has 2 aromatic carbocycles. The summed E-state index contributed by atoms with van der Waals surface area (Å²) < 4.78 is 26.6. The smallest absolute Gasteiger partial charge is 0.272 e. The lowest BCUT2D eigenvalue weighted by atomic mass is 10.2. The van der Waals surface area contributed by atoms with E-state index in [2.05, 4.69) is 10.5 Å². The standard InChI is InChI=1S/C19H19N5O6S/c25-23(26)18-8-2-1-6-15(18)7-5-11-20-21-17-10-9-16(14-19(17)24(27)28)31(29,30)22-12-3-4-13-22/h1-2,5-11,14,21H,3-4,12-13H2/b7-5+,20-11+. The second kappa shape index (κ2) is 9.45. The Kier molecular flexibility index (Phi) is 6.72. The molecule has 0 aromatic heterocycles. The maximum absolute atomic E-state index is 12.6. The summed E-state index contributed by atoms with van der Waals surface area (Å²) >= 11 is 0. The highest BCUT2D eigenvalue weighted by Gasteiger charge is 2.29. The topological polar surface area (TPSA) is 148 Å². The number of hydrogen-bond donors (Lipinski definition) is 1. The van der Waals surface area contributed by atoms with Crippen molar-refractivity contribution in [3.63, 3.8) is 0 Å². The monoisotopic (exact) mass is 445 g/mol. The summed E-state index contributed by atoms with van der Waals surface area (Å²) in [5.74, 6) is 0. The minimum absolute atomic E-state index is 0.0145. The molecule has 0 amide bonds.